The highest BCUT2D eigenvalue weighted by Gasteiger charge is 2.06. The van der Waals surface area contributed by atoms with Crippen LogP contribution in [0.4, 0.5) is 11.5 Å². The Morgan fingerprint density at radius 2 is 2.05 bits per heavy atom. The van der Waals surface area contributed by atoms with Crippen LogP contribution in [0.25, 0.3) is 0 Å². The molecule has 0 aliphatic carbocycles. The van der Waals surface area contributed by atoms with E-state index in [1.54, 1.807) is 7.11 Å². The van der Waals surface area contributed by atoms with Crippen molar-refractivity contribution in [2.45, 2.75) is 19.8 Å². The van der Waals surface area contributed by atoms with Gasteiger partial charge in [-0.2, -0.15) is 0 Å². The Bertz CT molecular complexity index is 560. The third-order valence-electron chi connectivity index (χ3n) is 2.58. The number of aryl methyl sites for hydroxylation is 1. The maximum absolute atomic E-state index is 5.31. The minimum Gasteiger partial charge on any atom is -0.495 e. The van der Waals surface area contributed by atoms with Crippen LogP contribution in [0.15, 0.2) is 34.9 Å². The van der Waals surface area contributed by atoms with Crippen molar-refractivity contribution in [1.29, 1.82) is 0 Å². The highest BCUT2D eigenvalue weighted by atomic mass is 79.9. The Balaban J connectivity index is 2.27. The van der Waals surface area contributed by atoms with Gasteiger partial charge in [0.25, 0.3) is 0 Å². The number of hydrogen-bond acceptors (Lipinski definition) is 4. The summed E-state index contributed by atoms with van der Waals surface area (Å²) >= 11 is 3.41. The number of aromatic nitrogens is 2. The van der Waals surface area contributed by atoms with Crippen molar-refractivity contribution in [3.8, 4) is 5.75 Å². The van der Waals surface area contributed by atoms with Crippen LogP contribution in [-0.2, 0) is 6.42 Å². The Morgan fingerprint density at radius 3 is 2.79 bits per heavy atom. The lowest BCUT2D eigenvalue weighted by molar-refractivity contribution is 0.417. The highest BCUT2D eigenvalue weighted by molar-refractivity contribution is 9.10. The molecule has 0 saturated carbocycles. The molecule has 19 heavy (non-hydrogen) atoms. The molecule has 1 heterocycles. The van der Waals surface area contributed by atoms with Gasteiger partial charge in [-0.25, -0.2) is 9.97 Å². The SMILES string of the molecule is CCCc1nc(Br)cc(Nc2ccccc2OC)n1. The van der Waals surface area contributed by atoms with Gasteiger partial charge in [-0.3, -0.25) is 0 Å². The van der Waals surface area contributed by atoms with Gasteiger partial charge < -0.3 is 10.1 Å². The number of ether oxygens (including phenoxy) is 1. The third-order valence-corrected chi connectivity index (χ3v) is 2.99. The van der Waals surface area contributed by atoms with Crippen LogP contribution in [-0.4, -0.2) is 17.1 Å². The molecule has 1 N–H and O–H groups in total. The second kappa shape index (κ2) is 6.52. The molecule has 1 aromatic carbocycles. The summed E-state index contributed by atoms with van der Waals surface area (Å²) in [4.78, 5) is 8.83. The molecule has 0 spiro atoms. The van der Waals surface area contributed by atoms with E-state index in [9.17, 15) is 0 Å². The van der Waals surface area contributed by atoms with Crippen molar-refractivity contribution in [3.05, 3.63) is 40.8 Å². The molecule has 0 bridgehead atoms. The summed E-state index contributed by atoms with van der Waals surface area (Å²) in [6.45, 7) is 2.11. The molecule has 0 aliphatic heterocycles. The van der Waals surface area contributed by atoms with E-state index < -0.39 is 0 Å². The number of para-hydroxylation sites is 2. The molecule has 100 valence electrons. The Morgan fingerprint density at radius 1 is 1.26 bits per heavy atom. The van der Waals surface area contributed by atoms with Crippen molar-refractivity contribution in [2.75, 3.05) is 12.4 Å². The molecule has 0 amide bonds. The number of anilines is 2. The molecule has 2 rings (SSSR count). The first-order chi connectivity index (χ1) is 9.22. The lowest BCUT2D eigenvalue weighted by Gasteiger charge is -2.11. The van der Waals surface area contributed by atoms with E-state index in [4.69, 9.17) is 4.74 Å². The Labute approximate surface area is 121 Å². The van der Waals surface area contributed by atoms with Crippen LogP contribution in [0.3, 0.4) is 0 Å². The fraction of sp³-hybridized carbons (Fsp3) is 0.286. The van der Waals surface area contributed by atoms with E-state index in [0.29, 0.717) is 0 Å². The first-order valence-electron chi connectivity index (χ1n) is 6.16. The molecule has 0 unspecified atom stereocenters. The first kappa shape index (κ1) is 13.8. The predicted octanol–water partition coefficient (Wildman–Crippen LogP) is 3.94. The van der Waals surface area contributed by atoms with Crippen LogP contribution >= 0.6 is 15.9 Å². The molecule has 4 nitrogen and oxygen atoms in total. The van der Waals surface area contributed by atoms with E-state index >= 15 is 0 Å². The quantitative estimate of drug-likeness (QED) is 0.847. The van der Waals surface area contributed by atoms with E-state index in [1.165, 1.54) is 0 Å². The molecule has 1 aromatic heterocycles. The van der Waals surface area contributed by atoms with E-state index in [1.807, 2.05) is 30.3 Å². The van der Waals surface area contributed by atoms with Crippen LogP contribution in [0.5, 0.6) is 5.75 Å². The van der Waals surface area contributed by atoms with E-state index in [0.717, 1.165) is 40.5 Å². The number of hydrogen-bond donors (Lipinski definition) is 1. The second-order valence-electron chi connectivity index (χ2n) is 4.07. The monoisotopic (exact) mass is 321 g/mol. The highest BCUT2D eigenvalue weighted by Crippen LogP contribution is 2.27. The molecular weight excluding hydrogens is 306 g/mol. The van der Waals surface area contributed by atoms with Crippen LogP contribution < -0.4 is 10.1 Å². The van der Waals surface area contributed by atoms with Crippen LogP contribution in [0.2, 0.25) is 0 Å². The zero-order chi connectivity index (χ0) is 13.7. The topological polar surface area (TPSA) is 47.0 Å². The fourth-order valence-corrected chi connectivity index (χ4v) is 2.17. The normalized spacial score (nSPS) is 10.3. The number of nitrogens with zero attached hydrogens (tertiary/aromatic N) is 2. The molecule has 0 atom stereocenters. The van der Waals surface area contributed by atoms with Gasteiger partial charge in [0.05, 0.1) is 12.8 Å². The van der Waals surface area contributed by atoms with E-state index in [-0.39, 0.29) is 0 Å². The summed E-state index contributed by atoms with van der Waals surface area (Å²) in [5.74, 6) is 2.37. The maximum Gasteiger partial charge on any atom is 0.142 e. The summed E-state index contributed by atoms with van der Waals surface area (Å²) < 4.78 is 6.09. The minimum absolute atomic E-state index is 0.759. The summed E-state index contributed by atoms with van der Waals surface area (Å²) in [7, 11) is 1.65. The molecular formula is C14H16BrN3O. The van der Waals surface area contributed by atoms with Gasteiger partial charge in [0.1, 0.15) is 22.0 Å². The average Bonchev–Trinajstić information content (AvgIpc) is 2.39. The number of rotatable bonds is 5. The van der Waals surface area contributed by atoms with Gasteiger partial charge in [0.15, 0.2) is 0 Å². The summed E-state index contributed by atoms with van der Waals surface area (Å²) in [5, 5.41) is 3.26. The van der Waals surface area contributed by atoms with Gasteiger partial charge in [-0.15, -0.1) is 0 Å². The fourth-order valence-electron chi connectivity index (χ4n) is 1.75. The Kier molecular flexibility index (Phi) is 4.74. The smallest absolute Gasteiger partial charge is 0.142 e. The van der Waals surface area contributed by atoms with Crippen molar-refractivity contribution in [2.24, 2.45) is 0 Å². The standard InChI is InChI=1S/C14H16BrN3O/c1-3-6-13-17-12(15)9-14(18-13)16-10-7-4-5-8-11(10)19-2/h4-5,7-9H,3,6H2,1-2H3,(H,16,17,18). The number of benzene rings is 1. The second-order valence-corrected chi connectivity index (χ2v) is 4.88. The van der Waals surface area contributed by atoms with E-state index in [2.05, 4.69) is 38.1 Å². The third kappa shape index (κ3) is 3.67. The summed E-state index contributed by atoms with van der Waals surface area (Å²) in [6, 6.07) is 9.60. The molecule has 0 fully saturated rings. The van der Waals surface area contributed by atoms with Gasteiger partial charge in [-0.1, -0.05) is 19.1 Å². The lowest BCUT2D eigenvalue weighted by Crippen LogP contribution is -2.01. The number of nitrogens with one attached hydrogen (secondary N) is 1. The summed E-state index contributed by atoms with van der Waals surface area (Å²) in [5.41, 5.74) is 0.887. The van der Waals surface area contributed by atoms with Gasteiger partial charge >= 0.3 is 0 Å². The minimum atomic E-state index is 0.759. The van der Waals surface area contributed by atoms with Crippen molar-refractivity contribution in [3.63, 3.8) is 0 Å². The molecule has 5 heteroatoms. The molecule has 0 saturated heterocycles. The number of methoxy groups -OCH3 is 1. The Hall–Kier alpha value is -1.62. The van der Waals surface area contributed by atoms with Crippen molar-refractivity contribution >= 4 is 27.4 Å². The van der Waals surface area contributed by atoms with Gasteiger partial charge in [-0.05, 0) is 34.5 Å². The predicted molar refractivity (Wildman–Crippen MR) is 80.0 cm³/mol. The van der Waals surface area contributed by atoms with Crippen LogP contribution in [0.1, 0.15) is 19.2 Å². The van der Waals surface area contributed by atoms with Crippen molar-refractivity contribution in [1.82, 2.24) is 9.97 Å². The first-order valence-corrected chi connectivity index (χ1v) is 6.95. The van der Waals surface area contributed by atoms with Gasteiger partial charge in [0, 0.05) is 12.5 Å². The van der Waals surface area contributed by atoms with Crippen molar-refractivity contribution < 1.29 is 4.74 Å². The average molecular weight is 322 g/mol. The molecule has 2 aromatic rings. The number of halogens is 1. The molecule has 0 radical (unpaired) electrons. The van der Waals surface area contributed by atoms with Gasteiger partial charge in [0.2, 0.25) is 0 Å². The lowest BCUT2D eigenvalue weighted by atomic mass is 10.3. The zero-order valence-electron chi connectivity index (χ0n) is 11.0. The molecule has 0 aliphatic rings. The van der Waals surface area contributed by atoms with Crippen LogP contribution in [0, 0.1) is 0 Å². The maximum atomic E-state index is 5.31. The summed E-state index contributed by atoms with van der Waals surface area (Å²) in [6.07, 6.45) is 1.88. The largest absolute Gasteiger partial charge is 0.495 e. The zero-order valence-corrected chi connectivity index (χ0v) is 12.6.